The number of methoxy groups -OCH3 is 1. The Morgan fingerprint density at radius 2 is 2.60 bits per heavy atom. The summed E-state index contributed by atoms with van der Waals surface area (Å²) in [7, 11) is 1.60. The lowest BCUT2D eigenvalue weighted by molar-refractivity contribution is 0.182. The Balaban J connectivity index is 2.65. The van der Waals surface area contributed by atoms with E-state index in [2.05, 4.69) is 5.16 Å². The molecule has 0 aromatic heterocycles. The number of allylic oxidation sites excluding steroid dienone is 1. The Hall–Kier alpha value is -0.830. The quantitative estimate of drug-likeness (QED) is 0.338. The molecular weight excluding hydrogens is 130 g/mol. The summed E-state index contributed by atoms with van der Waals surface area (Å²) >= 11 is 0. The fourth-order valence-electron chi connectivity index (χ4n) is 1.03. The summed E-state index contributed by atoms with van der Waals surface area (Å²) in [5, 5.41) is 11.6. The van der Waals surface area contributed by atoms with E-state index in [1.807, 2.05) is 12.2 Å². The molecule has 0 spiro atoms. The van der Waals surface area contributed by atoms with Gasteiger partial charge in [-0.1, -0.05) is 17.3 Å². The van der Waals surface area contributed by atoms with Crippen molar-refractivity contribution in [1.29, 1.82) is 0 Å². The van der Waals surface area contributed by atoms with Gasteiger partial charge in [-0.15, -0.1) is 0 Å². The van der Waals surface area contributed by atoms with Crippen LogP contribution < -0.4 is 0 Å². The van der Waals surface area contributed by atoms with Crippen LogP contribution in [0.15, 0.2) is 17.3 Å². The van der Waals surface area contributed by atoms with Crippen molar-refractivity contribution in [3.05, 3.63) is 12.2 Å². The predicted molar refractivity (Wildman–Crippen MR) is 38.4 cm³/mol. The lowest BCUT2D eigenvalue weighted by Gasteiger charge is -2.15. The van der Waals surface area contributed by atoms with Gasteiger partial charge in [0.05, 0.1) is 5.71 Å². The average Bonchev–Trinajstić information content (AvgIpc) is 2.04. The molecule has 0 amide bonds. The third kappa shape index (κ3) is 1.36. The summed E-state index contributed by atoms with van der Waals surface area (Å²) < 4.78 is 5.02. The number of hydrogen-bond donors (Lipinski definition) is 1. The largest absolute Gasteiger partial charge is 0.411 e. The van der Waals surface area contributed by atoms with Crippen LogP contribution in [0.4, 0.5) is 0 Å². The summed E-state index contributed by atoms with van der Waals surface area (Å²) in [4.78, 5) is 0. The van der Waals surface area contributed by atoms with E-state index >= 15 is 0 Å². The van der Waals surface area contributed by atoms with Gasteiger partial charge in [0.25, 0.3) is 0 Å². The van der Waals surface area contributed by atoms with E-state index < -0.39 is 0 Å². The molecule has 1 atom stereocenters. The molecule has 1 aliphatic rings. The van der Waals surface area contributed by atoms with E-state index in [9.17, 15) is 0 Å². The van der Waals surface area contributed by atoms with Gasteiger partial charge >= 0.3 is 0 Å². The lowest BCUT2D eigenvalue weighted by Crippen LogP contribution is -2.22. The third-order valence-electron chi connectivity index (χ3n) is 1.59. The number of nitrogens with zero attached hydrogens (tertiary/aromatic N) is 1. The monoisotopic (exact) mass is 141 g/mol. The molecule has 3 nitrogen and oxygen atoms in total. The Bertz CT molecular complexity index is 163. The maximum atomic E-state index is 8.47. The fraction of sp³-hybridized carbons (Fsp3) is 0.571. The van der Waals surface area contributed by atoms with E-state index in [0.717, 1.165) is 12.8 Å². The van der Waals surface area contributed by atoms with Gasteiger partial charge in [-0.25, -0.2) is 0 Å². The summed E-state index contributed by atoms with van der Waals surface area (Å²) in [5.41, 5.74) is 0.713. The van der Waals surface area contributed by atoms with E-state index in [4.69, 9.17) is 9.94 Å². The zero-order valence-corrected chi connectivity index (χ0v) is 5.95. The summed E-state index contributed by atoms with van der Waals surface area (Å²) in [6, 6.07) is 0. The summed E-state index contributed by atoms with van der Waals surface area (Å²) in [6.45, 7) is 0. The van der Waals surface area contributed by atoms with Crippen LogP contribution in [-0.2, 0) is 4.74 Å². The molecule has 0 saturated heterocycles. The Morgan fingerprint density at radius 3 is 3.10 bits per heavy atom. The molecule has 0 aliphatic heterocycles. The Labute approximate surface area is 60.0 Å². The van der Waals surface area contributed by atoms with Crippen molar-refractivity contribution in [2.75, 3.05) is 7.11 Å². The maximum Gasteiger partial charge on any atom is 0.117 e. The first-order valence-electron chi connectivity index (χ1n) is 3.28. The van der Waals surface area contributed by atoms with Gasteiger partial charge in [0, 0.05) is 7.11 Å². The highest BCUT2D eigenvalue weighted by Crippen LogP contribution is 2.10. The molecule has 0 fully saturated rings. The number of hydrogen-bond acceptors (Lipinski definition) is 3. The zero-order valence-electron chi connectivity index (χ0n) is 5.95. The van der Waals surface area contributed by atoms with Gasteiger partial charge in [0.2, 0.25) is 0 Å². The van der Waals surface area contributed by atoms with E-state index in [1.54, 1.807) is 7.11 Å². The molecule has 0 saturated carbocycles. The van der Waals surface area contributed by atoms with Crippen LogP contribution in [0.5, 0.6) is 0 Å². The van der Waals surface area contributed by atoms with Crippen LogP contribution in [0.1, 0.15) is 12.8 Å². The molecule has 1 rings (SSSR count). The molecule has 0 heterocycles. The first-order valence-corrected chi connectivity index (χ1v) is 3.28. The zero-order chi connectivity index (χ0) is 7.40. The van der Waals surface area contributed by atoms with Gasteiger partial charge in [0.1, 0.15) is 6.10 Å². The van der Waals surface area contributed by atoms with E-state index in [1.165, 1.54) is 0 Å². The van der Waals surface area contributed by atoms with Gasteiger partial charge < -0.3 is 9.94 Å². The normalized spacial score (nSPS) is 29.3. The van der Waals surface area contributed by atoms with Gasteiger partial charge in [-0.3, -0.25) is 0 Å². The second-order valence-corrected chi connectivity index (χ2v) is 2.21. The molecule has 3 heteroatoms. The minimum Gasteiger partial charge on any atom is -0.411 e. The van der Waals surface area contributed by atoms with Gasteiger partial charge in [0.15, 0.2) is 0 Å². The second kappa shape index (κ2) is 3.37. The van der Waals surface area contributed by atoms with Crippen LogP contribution in [-0.4, -0.2) is 24.1 Å². The second-order valence-electron chi connectivity index (χ2n) is 2.21. The first kappa shape index (κ1) is 7.28. The molecule has 0 aromatic carbocycles. The minimum atomic E-state index is -0.112. The molecule has 0 bridgehead atoms. The van der Waals surface area contributed by atoms with Crippen molar-refractivity contribution in [3.63, 3.8) is 0 Å². The van der Waals surface area contributed by atoms with Crippen molar-refractivity contribution < 1.29 is 9.94 Å². The van der Waals surface area contributed by atoms with Crippen LogP contribution in [0.2, 0.25) is 0 Å². The number of oxime groups is 1. The van der Waals surface area contributed by atoms with Crippen molar-refractivity contribution in [3.8, 4) is 0 Å². The molecule has 0 aromatic rings. The SMILES string of the molecule is COC1C=CCCC1=NO. The minimum absolute atomic E-state index is 0.112. The van der Waals surface area contributed by atoms with Crippen molar-refractivity contribution >= 4 is 5.71 Å². The van der Waals surface area contributed by atoms with Gasteiger partial charge in [-0.05, 0) is 12.8 Å². The van der Waals surface area contributed by atoms with Crippen LogP contribution >= 0.6 is 0 Å². The van der Waals surface area contributed by atoms with Crippen molar-refractivity contribution in [2.45, 2.75) is 18.9 Å². The fourth-order valence-corrected chi connectivity index (χ4v) is 1.03. The average molecular weight is 141 g/mol. The van der Waals surface area contributed by atoms with Crippen molar-refractivity contribution in [2.24, 2.45) is 5.16 Å². The molecule has 1 unspecified atom stereocenters. The molecule has 1 N–H and O–H groups in total. The molecule has 56 valence electrons. The van der Waals surface area contributed by atoms with Crippen LogP contribution in [0.25, 0.3) is 0 Å². The van der Waals surface area contributed by atoms with E-state index in [0.29, 0.717) is 5.71 Å². The Kier molecular flexibility index (Phi) is 2.45. The van der Waals surface area contributed by atoms with E-state index in [-0.39, 0.29) is 6.10 Å². The number of ether oxygens (including phenoxy) is 1. The molecular formula is C7H11NO2. The highest BCUT2D eigenvalue weighted by Gasteiger charge is 2.14. The number of rotatable bonds is 1. The topological polar surface area (TPSA) is 41.8 Å². The smallest absolute Gasteiger partial charge is 0.117 e. The predicted octanol–water partition coefficient (Wildman–Crippen LogP) is 1.18. The summed E-state index contributed by atoms with van der Waals surface area (Å²) in [5.74, 6) is 0. The van der Waals surface area contributed by atoms with Crippen molar-refractivity contribution in [1.82, 2.24) is 0 Å². The highest BCUT2D eigenvalue weighted by atomic mass is 16.5. The van der Waals surface area contributed by atoms with Crippen LogP contribution in [0.3, 0.4) is 0 Å². The first-order chi connectivity index (χ1) is 4.88. The molecule has 10 heavy (non-hydrogen) atoms. The lowest BCUT2D eigenvalue weighted by atomic mass is 10.0. The summed E-state index contributed by atoms with van der Waals surface area (Å²) in [6.07, 6.45) is 5.56. The molecule has 0 radical (unpaired) electrons. The standard InChI is InChI=1S/C7H11NO2/c1-10-7-5-3-2-4-6(7)8-9/h3,5,7,9H,2,4H2,1H3. The Morgan fingerprint density at radius 1 is 1.80 bits per heavy atom. The highest BCUT2D eigenvalue weighted by molar-refractivity contribution is 5.90. The third-order valence-corrected chi connectivity index (χ3v) is 1.59. The van der Waals surface area contributed by atoms with Gasteiger partial charge in [-0.2, -0.15) is 0 Å². The van der Waals surface area contributed by atoms with Crippen LogP contribution in [0, 0.1) is 0 Å². The maximum absolute atomic E-state index is 8.47. The molecule has 1 aliphatic carbocycles.